The van der Waals surface area contributed by atoms with E-state index >= 15 is 0 Å². The maximum Gasteiger partial charge on any atom is 0.126 e. The van der Waals surface area contributed by atoms with Crippen molar-refractivity contribution < 1.29 is 9.47 Å². The standard InChI is InChI=1S/C10H18O2/c1-7(2)9(4)12-10-6-11-5-8(10)3/h7-8,10H,4-6H2,1-3H3. The summed E-state index contributed by atoms with van der Waals surface area (Å²) in [5.41, 5.74) is 0. The molecule has 0 saturated carbocycles. The van der Waals surface area contributed by atoms with Gasteiger partial charge in [0.05, 0.1) is 19.0 Å². The van der Waals surface area contributed by atoms with Crippen molar-refractivity contribution in [3.05, 3.63) is 12.3 Å². The van der Waals surface area contributed by atoms with Crippen molar-refractivity contribution in [2.75, 3.05) is 13.2 Å². The summed E-state index contributed by atoms with van der Waals surface area (Å²) in [5.74, 6) is 1.77. The van der Waals surface area contributed by atoms with Crippen LogP contribution in [0.1, 0.15) is 20.8 Å². The summed E-state index contributed by atoms with van der Waals surface area (Å²) >= 11 is 0. The Kier molecular flexibility index (Phi) is 3.15. The van der Waals surface area contributed by atoms with E-state index in [0.29, 0.717) is 18.4 Å². The molecule has 12 heavy (non-hydrogen) atoms. The Balaban J connectivity index is 2.35. The van der Waals surface area contributed by atoms with Gasteiger partial charge in [-0.15, -0.1) is 0 Å². The van der Waals surface area contributed by atoms with Crippen LogP contribution in [0.3, 0.4) is 0 Å². The van der Waals surface area contributed by atoms with E-state index in [9.17, 15) is 0 Å². The predicted molar refractivity (Wildman–Crippen MR) is 48.8 cm³/mol. The van der Waals surface area contributed by atoms with E-state index in [1.807, 2.05) is 0 Å². The summed E-state index contributed by atoms with van der Waals surface area (Å²) in [5, 5.41) is 0. The molecule has 2 heteroatoms. The van der Waals surface area contributed by atoms with Crippen LogP contribution in [0.4, 0.5) is 0 Å². The molecule has 70 valence electrons. The van der Waals surface area contributed by atoms with Crippen LogP contribution in [-0.4, -0.2) is 19.3 Å². The van der Waals surface area contributed by atoms with Crippen LogP contribution in [0, 0.1) is 11.8 Å². The molecule has 0 aliphatic carbocycles. The van der Waals surface area contributed by atoms with E-state index in [1.54, 1.807) is 0 Å². The molecular weight excluding hydrogens is 152 g/mol. The third-order valence-corrected chi connectivity index (χ3v) is 2.24. The van der Waals surface area contributed by atoms with Gasteiger partial charge in [-0.1, -0.05) is 27.4 Å². The smallest absolute Gasteiger partial charge is 0.126 e. The molecule has 1 aliphatic heterocycles. The Morgan fingerprint density at radius 2 is 2.17 bits per heavy atom. The van der Waals surface area contributed by atoms with Gasteiger partial charge in [-0.05, 0) is 0 Å². The van der Waals surface area contributed by atoms with Gasteiger partial charge < -0.3 is 9.47 Å². The highest BCUT2D eigenvalue weighted by atomic mass is 16.5. The van der Waals surface area contributed by atoms with Crippen molar-refractivity contribution in [2.24, 2.45) is 11.8 Å². The zero-order valence-corrected chi connectivity index (χ0v) is 8.17. The molecule has 0 aromatic heterocycles. The molecule has 0 amide bonds. The Morgan fingerprint density at radius 1 is 1.50 bits per heavy atom. The molecule has 1 saturated heterocycles. The zero-order valence-electron chi connectivity index (χ0n) is 8.17. The maximum absolute atomic E-state index is 5.67. The van der Waals surface area contributed by atoms with Crippen LogP contribution in [0.5, 0.6) is 0 Å². The van der Waals surface area contributed by atoms with Crippen molar-refractivity contribution >= 4 is 0 Å². The van der Waals surface area contributed by atoms with Crippen molar-refractivity contribution in [1.29, 1.82) is 0 Å². The molecular formula is C10H18O2. The predicted octanol–water partition coefficient (Wildman–Crippen LogP) is 2.21. The summed E-state index contributed by atoms with van der Waals surface area (Å²) in [7, 11) is 0. The number of allylic oxidation sites excluding steroid dienone is 1. The van der Waals surface area contributed by atoms with Crippen LogP contribution < -0.4 is 0 Å². The lowest BCUT2D eigenvalue weighted by Gasteiger charge is -2.19. The van der Waals surface area contributed by atoms with E-state index in [1.165, 1.54) is 0 Å². The second-order valence-electron chi connectivity index (χ2n) is 3.79. The molecule has 1 heterocycles. The van der Waals surface area contributed by atoms with Crippen molar-refractivity contribution in [1.82, 2.24) is 0 Å². The van der Waals surface area contributed by atoms with Gasteiger partial charge in [-0.3, -0.25) is 0 Å². The Hall–Kier alpha value is -0.500. The van der Waals surface area contributed by atoms with Gasteiger partial charge in [0.15, 0.2) is 0 Å². The molecule has 0 N–H and O–H groups in total. The van der Waals surface area contributed by atoms with Gasteiger partial charge in [-0.25, -0.2) is 0 Å². The van der Waals surface area contributed by atoms with E-state index in [2.05, 4.69) is 27.4 Å². The van der Waals surface area contributed by atoms with E-state index in [4.69, 9.17) is 9.47 Å². The fourth-order valence-corrected chi connectivity index (χ4v) is 1.12. The van der Waals surface area contributed by atoms with E-state index < -0.39 is 0 Å². The van der Waals surface area contributed by atoms with Gasteiger partial charge in [0, 0.05) is 11.8 Å². The summed E-state index contributed by atoms with van der Waals surface area (Å²) in [4.78, 5) is 0. The minimum absolute atomic E-state index is 0.222. The first-order chi connectivity index (χ1) is 5.61. The summed E-state index contributed by atoms with van der Waals surface area (Å²) in [6.45, 7) is 11.7. The van der Waals surface area contributed by atoms with E-state index in [-0.39, 0.29) is 6.10 Å². The van der Waals surface area contributed by atoms with Gasteiger partial charge in [-0.2, -0.15) is 0 Å². The zero-order chi connectivity index (χ0) is 9.14. The highest BCUT2D eigenvalue weighted by molar-refractivity contribution is 4.89. The largest absolute Gasteiger partial charge is 0.492 e. The minimum Gasteiger partial charge on any atom is -0.492 e. The summed E-state index contributed by atoms with van der Waals surface area (Å²) in [6, 6.07) is 0. The Bertz CT molecular complexity index is 163. The number of rotatable bonds is 3. The molecule has 2 atom stereocenters. The molecule has 2 unspecified atom stereocenters. The van der Waals surface area contributed by atoms with Crippen LogP contribution >= 0.6 is 0 Å². The van der Waals surface area contributed by atoms with Gasteiger partial charge in [0.2, 0.25) is 0 Å². The number of hydrogen-bond donors (Lipinski definition) is 0. The fraction of sp³-hybridized carbons (Fsp3) is 0.800. The average Bonchev–Trinajstić information content (AvgIpc) is 2.36. The first-order valence-corrected chi connectivity index (χ1v) is 4.54. The fourth-order valence-electron chi connectivity index (χ4n) is 1.12. The lowest BCUT2D eigenvalue weighted by atomic mass is 10.1. The average molecular weight is 170 g/mol. The molecule has 2 nitrogen and oxygen atoms in total. The normalized spacial score (nSPS) is 29.3. The van der Waals surface area contributed by atoms with Crippen LogP contribution in [0.2, 0.25) is 0 Å². The van der Waals surface area contributed by atoms with Gasteiger partial charge in [0.1, 0.15) is 6.10 Å². The Labute approximate surface area is 74.6 Å². The molecule has 1 fully saturated rings. The number of hydrogen-bond acceptors (Lipinski definition) is 2. The molecule has 1 rings (SSSR count). The minimum atomic E-state index is 0.222. The maximum atomic E-state index is 5.67. The molecule has 1 aliphatic rings. The first kappa shape index (κ1) is 9.59. The van der Waals surface area contributed by atoms with Crippen LogP contribution in [0.15, 0.2) is 12.3 Å². The van der Waals surface area contributed by atoms with E-state index in [0.717, 1.165) is 12.4 Å². The highest BCUT2D eigenvalue weighted by Crippen LogP contribution is 2.21. The highest BCUT2D eigenvalue weighted by Gasteiger charge is 2.26. The van der Waals surface area contributed by atoms with Crippen molar-refractivity contribution in [3.8, 4) is 0 Å². The molecule has 0 aromatic rings. The van der Waals surface area contributed by atoms with Gasteiger partial charge in [0.25, 0.3) is 0 Å². The SMILES string of the molecule is C=C(OC1COCC1C)C(C)C. The molecule has 0 spiro atoms. The van der Waals surface area contributed by atoms with Crippen molar-refractivity contribution in [3.63, 3.8) is 0 Å². The summed E-state index contributed by atoms with van der Waals surface area (Å²) < 4.78 is 10.9. The van der Waals surface area contributed by atoms with Crippen LogP contribution in [0.25, 0.3) is 0 Å². The first-order valence-electron chi connectivity index (χ1n) is 4.54. The van der Waals surface area contributed by atoms with Crippen molar-refractivity contribution in [2.45, 2.75) is 26.9 Å². The quantitative estimate of drug-likeness (QED) is 0.604. The third-order valence-electron chi connectivity index (χ3n) is 2.24. The number of ether oxygens (including phenoxy) is 2. The lowest BCUT2D eigenvalue weighted by molar-refractivity contribution is 0.0676. The third kappa shape index (κ3) is 2.24. The molecule has 0 radical (unpaired) electrons. The topological polar surface area (TPSA) is 18.5 Å². The molecule has 0 bridgehead atoms. The lowest BCUT2D eigenvalue weighted by Crippen LogP contribution is -2.20. The monoisotopic (exact) mass is 170 g/mol. The Morgan fingerprint density at radius 3 is 2.58 bits per heavy atom. The second kappa shape index (κ2) is 3.94. The second-order valence-corrected chi connectivity index (χ2v) is 3.79. The molecule has 0 aromatic carbocycles. The summed E-state index contributed by atoms with van der Waals surface area (Å²) in [6.07, 6.45) is 0.222. The van der Waals surface area contributed by atoms with Crippen LogP contribution in [-0.2, 0) is 9.47 Å². The van der Waals surface area contributed by atoms with Gasteiger partial charge >= 0.3 is 0 Å².